The molecule has 0 bridgehead atoms. The average molecular weight is 312 g/mol. The van der Waals surface area contributed by atoms with E-state index in [-0.39, 0.29) is 5.92 Å². The molecule has 0 aliphatic rings. The molecule has 6 nitrogen and oxygen atoms in total. The van der Waals surface area contributed by atoms with Gasteiger partial charge in [0.15, 0.2) is 0 Å². The zero-order chi connectivity index (χ0) is 16.2. The summed E-state index contributed by atoms with van der Waals surface area (Å²) in [6.07, 6.45) is 0.893. The van der Waals surface area contributed by atoms with Gasteiger partial charge in [0.05, 0.1) is 6.26 Å². The van der Waals surface area contributed by atoms with Crippen LogP contribution >= 0.6 is 0 Å². The Hall–Kier alpha value is -1.89. The lowest BCUT2D eigenvalue weighted by atomic mass is 10.0. The first-order valence-electron chi connectivity index (χ1n) is 6.49. The van der Waals surface area contributed by atoms with E-state index in [2.05, 4.69) is 5.32 Å². The molecule has 7 heteroatoms. The number of aryl methyl sites for hydroxylation is 1. The molecule has 0 radical (unpaired) electrons. The summed E-state index contributed by atoms with van der Waals surface area (Å²) in [5.41, 5.74) is 1.43. The lowest BCUT2D eigenvalue weighted by Gasteiger charge is -2.21. The maximum atomic E-state index is 12.1. The SMILES string of the molecule is Cc1ccc(C(=O)N[C@H](C(=O)NS(C)(=O)=O)C(C)C)cc1. The average Bonchev–Trinajstić information content (AvgIpc) is 2.33. The summed E-state index contributed by atoms with van der Waals surface area (Å²) in [6, 6.07) is 5.95. The lowest BCUT2D eigenvalue weighted by Crippen LogP contribution is -2.50. The van der Waals surface area contributed by atoms with Crippen molar-refractivity contribution in [2.24, 2.45) is 5.92 Å². The van der Waals surface area contributed by atoms with Crippen molar-refractivity contribution in [1.29, 1.82) is 0 Å². The van der Waals surface area contributed by atoms with Gasteiger partial charge in [-0.1, -0.05) is 31.5 Å². The number of sulfonamides is 1. The van der Waals surface area contributed by atoms with Crippen molar-refractivity contribution in [3.8, 4) is 0 Å². The number of rotatable bonds is 5. The molecule has 1 atom stereocenters. The molecule has 1 aromatic carbocycles. The summed E-state index contributed by atoms with van der Waals surface area (Å²) in [4.78, 5) is 24.0. The zero-order valence-corrected chi connectivity index (χ0v) is 13.3. The van der Waals surface area contributed by atoms with Crippen LogP contribution in [0.15, 0.2) is 24.3 Å². The fourth-order valence-corrected chi connectivity index (χ4v) is 2.20. The molecule has 1 aromatic rings. The second-order valence-corrected chi connectivity index (χ2v) is 7.05. The predicted octanol–water partition coefficient (Wildman–Crippen LogP) is 0.825. The van der Waals surface area contributed by atoms with Crippen molar-refractivity contribution >= 4 is 21.8 Å². The van der Waals surface area contributed by atoms with E-state index < -0.39 is 27.9 Å². The van der Waals surface area contributed by atoms with Gasteiger partial charge in [0.2, 0.25) is 10.0 Å². The van der Waals surface area contributed by atoms with Crippen LogP contribution in [0.2, 0.25) is 0 Å². The highest BCUT2D eigenvalue weighted by Crippen LogP contribution is 2.07. The standard InChI is InChI=1S/C14H20N2O4S/c1-9(2)12(14(18)16-21(4,19)20)15-13(17)11-7-5-10(3)6-8-11/h5-9,12H,1-4H3,(H,15,17)(H,16,18)/t12-/m0/s1. The third-order valence-electron chi connectivity index (χ3n) is 2.84. The van der Waals surface area contributed by atoms with Gasteiger partial charge in [-0.15, -0.1) is 0 Å². The summed E-state index contributed by atoms with van der Waals surface area (Å²) in [6.45, 7) is 5.35. The van der Waals surface area contributed by atoms with Gasteiger partial charge in [0.25, 0.3) is 11.8 Å². The second-order valence-electron chi connectivity index (χ2n) is 5.30. The largest absolute Gasteiger partial charge is 0.340 e. The van der Waals surface area contributed by atoms with Crippen molar-refractivity contribution in [1.82, 2.24) is 10.0 Å². The smallest absolute Gasteiger partial charge is 0.256 e. The topological polar surface area (TPSA) is 92.3 Å². The summed E-state index contributed by atoms with van der Waals surface area (Å²) in [5.74, 6) is -1.41. The Morgan fingerprint density at radius 2 is 1.62 bits per heavy atom. The van der Waals surface area contributed by atoms with Crippen LogP contribution in [0.5, 0.6) is 0 Å². The number of hydrogen-bond donors (Lipinski definition) is 2. The highest BCUT2D eigenvalue weighted by atomic mass is 32.2. The van der Waals surface area contributed by atoms with Crippen LogP contribution in [0.3, 0.4) is 0 Å². The normalized spacial score (nSPS) is 12.8. The van der Waals surface area contributed by atoms with Gasteiger partial charge < -0.3 is 5.32 Å². The van der Waals surface area contributed by atoms with Crippen LogP contribution in [-0.4, -0.2) is 32.5 Å². The quantitative estimate of drug-likeness (QED) is 0.842. The number of carbonyl (C=O) groups is 2. The number of hydrogen-bond acceptors (Lipinski definition) is 4. The summed E-state index contributed by atoms with van der Waals surface area (Å²) in [7, 11) is -3.66. The highest BCUT2D eigenvalue weighted by molar-refractivity contribution is 7.89. The van der Waals surface area contributed by atoms with Crippen LogP contribution < -0.4 is 10.0 Å². The van der Waals surface area contributed by atoms with Gasteiger partial charge >= 0.3 is 0 Å². The van der Waals surface area contributed by atoms with Crippen molar-refractivity contribution < 1.29 is 18.0 Å². The molecule has 0 saturated heterocycles. The van der Waals surface area contributed by atoms with Gasteiger partial charge in [-0.2, -0.15) is 0 Å². The first-order chi connectivity index (χ1) is 9.60. The Labute approximate surface area is 125 Å². The van der Waals surface area contributed by atoms with E-state index >= 15 is 0 Å². The first-order valence-corrected chi connectivity index (χ1v) is 8.38. The van der Waals surface area contributed by atoms with Gasteiger partial charge in [-0.25, -0.2) is 8.42 Å². The molecule has 0 fully saturated rings. The fourth-order valence-electron chi connectivity index (χ4n) is 1.71. The molecular formula is C14H20N2O4S. The minimum atomic E-state index is -3.66. The predicted molar refractivity (Wildman–Crippen MR) is 80.3 cm³/mol. The molecule has 0 spiro atoms. The van der Waals surface area contributed by atoms with E-state index in [9.17, 15) is 18.0 Å². The minimum Gasteiger partial charge on any atom is -0.340 e. The van der Waals surface area contributed by atoms with Crippen molar-refractivity contribution in [3.05, 3.63) is 35.4 Å². The molecule has 0 aliphatic heterocycles. The summed E-state index contributed by atoms with van der Waals surface area (Å²) in [5, 5.41) is 2.56. The Morgan fingerprint density at radius 1 is 1.10 bits per heavy atom. The van der Waals surface area contributed by atoms with Gasteiger partial charge in [0, 0.05) is 5.56 Å². The molecule has 0 saturated carbocycles. The number of carbonyl (C=O) groups excluding carboxylic acids is 2. The van der Waals surface area contributed by atoms with Crippen LogP contribution in [0.1, 0.15) is 29.8 Å². The van der Waals surface area contributed by atoms with Crippen LogP contribution in [0.25, 0.3) is 0 Å². The van der Waals surface area contributed by atoms with Gasteiger partial charge in [-0.05, 0) is 25.0 Å². The first kappa shape index (κ1) is 17.2. The number of nitrogens with one attached hydrogen (secondary N) is 2. The monoisotopic (exact) mass is 312 g/mol. The Morgan fingerprint density at radius 3 is 2.05 bits per heavy atom. The van der Waals surface area contributed by atoms with Crippen LogP contribution in [0.4, 0.5) is 0 Å². The molecule has 116 valence electrons. The Balaban J connectivity index is 2.86. The highest BCUT2D eigenvalue weighted by Gasteiger charge is 2.26. The van der Waals surface area contributed by atoms with E-state index in [1.165, 1.54) is 0 Å². The van der Waals surface area contributed by atoms with Crippen molar-refractivity contribution in [3.63, 3.8) is 0 Å². The zero-order valence-electron chi connectivity index (χ0n) is 12.5. The molecule has 21 heavy (non-hydrogen) atoms. The lowest BCUT2D eigenvalue weighted by molar-refractivity contribution is -0.122. The van der Waals surface area contributed by atoms with Gasteiger partial charge in [0.1, 0.15) is 6.04 Å². The maximum Gasteiger partial charge on any atom is 0.256 e. The van der Waals surface area contributed by atoms with E-state index in [0.717, 1.165) is 11.8 Å². The van der Waals surface area contributed by atoms with Crippen molar-refractivity contribution in [2.75, 3.05) is 6.26 Å². The molecule has 0 aromatic heterocycles. The maximum absolute atomic E-state index is 12.1. The van der Waals surface area contributed by atoms with Crippen LogP contribution in [0, 0.1) is 12.8 Å². The summed E-state index contributed by atoms with van der Waals surface area (Å²) >= 11 is 0. The Bertz CT molecular complexity index is 621. The van der Waals surface area contributed by atoms with E-state index in [1.807, 2.05) is 11.6 Å². The van der Waals surface area contributed by atoms with E-state index in [0.29, 0.717) is 5.56 Å². The van der Waals surface area contributed by atoms with E-state index in [1.54, 1.807) is 38.1 Å². The third-order valence-corrected chi connectivity index (χ3v) is 3.41. The Kier molecular flexibility index (Phi) is 5.48. The van der Waals surface area contributed by atoms with Gasteiger partial charge in [-0.3, -0.25) is 14.3 Å². The molecule has 0 unspecified atom stereocenters. The number of benzene rings is 1. The fraction of sp³-hybridized carbons (Fsp3) is 0.429. The molecule has 0 aliphatic carbocycles. The molecule has 0 heterocycles. The molecule has 2 amide bonds. The molecular weight excluding hydrogens is 292 g/mol. The second kappa shape index (κ2) is 6.71. The van der Waals surface area contributed by atoms with Crippen LogP contribution in [-0.2, 0) is 14.8 Å². The number of amides is 2. The van der Waals surface area contributed by atoms with Crippen molar-refractivity contribution in [2.45, 2.75) is 26.8 Å². The van der Waals surface area contributed by atoms with E-state index in [4.69, 9.17) is 0 Å². The minimum absolute atomic E-state index is 0.249. The molecule has 1 rings (SSSR count). The third kappa shape index (κ3) is 5.55. The molecule has 2 N–H and O–H groups in total. The summed E-state index contributed by atoms with van der Waals surface area (Å²) < 4.78 is 24.1.